The van der Waals surface area contributed by atoms with Crippen molar-refractivity contribution < 1.29 is 10.2 Å². The van der Waals surface area contributed by atoms with Crippen LogP contribution >= 0.6 is 70.6 Å². The molecule has 18 heavy (non-hydrogen) atoms. The van der Waals surface area contributed by atoms with E-state index in [-0.39, 0.29) is 13.2 Å². The van der Waals surface area contributed by atoms with E-state index in [1.165, 1.54) is 16.9 Å². The van der Waals surface area contributed by atoms with E-state index in [1.807, 2.05) is 0 Å². The maximum Gasteiger partial charge on any atom is 0.0717 e. The second kappa shape index (κ2) is 8.51. The first-order chi connectivity index (χ1) is 8.85. The van der Waals surface area contributed by atoms with Crippen molar-refractivity contribution in [3.63, 3.8) is 0 Å². The zero-order chi connectivity index (χ0) is 12.8. The molecule has 0 aromatic rings. The standard InChI is InChI=1S/C10H12O2S6/c11-1-3-13-8-9(14-4-2-12)18-10(17-8)7-15-5-6-16-7/h5-6,11-12H,1-4H2. The Bertz CT molecular complexity index is 358. The molecule has 100 valence electrons. The van der Waals surface area contributed by atoms with Gasteiger partial charge in [0.1, 0.15) is 0 Å². The van der Waals surface area contributed by atoms with Crippen LogP contribution in [0.25, 0.3) is 0 Å². The van der Waals surface area contributed by atoms with Crippen molar-refractivity contribution >= 4 is 70.6 Å². The van der Waals surface area contributed by atoms with Crippen molar-refractivity contribution in [1.82, 2.24) is 0 Å². The van der Waals surface area contributed by atoms with Gasteiger partial charge in [0.15, 0.2) is 0 Å². The molecule has 2 aliphatic heterocycles. The quantitative estimate of drug-likeness (QED) is 0.736. The molecule has 0 amide bonds. The first-order valence-corrected chi connectivity index (χ1v) is 10.5. The molecule has 0 saturated heterocycles. The summed E-state index contributed by atoms with van der Waals surface area (Å²) in [5.41, 5.74) is 0. The lowest BCUT2D eigenvalue weighted by Crippen LogP contribution is -1.87. The number of hydrogen-bond donors (Lipinski definition) is 2. The van der Waals surface area contributed by atoms with E-state index in [0.29, 0.717) is 0 Å². The zero-order valence-corrected chi connectivity index (χ0v) is 14.2. The molecule has 2 N–H and O–H groups in total. The summed E-state index contributed by atoms with van der Waals surface area (Å²) in [6.45, 7) is 0.405. The third-order valence-electron chi connectivity index (χ3n) is 1.76. The molecule has 0 saturated carbocycles. The summed E-state index contributed by atoms with van der Waals surface area (Å²) in [6, 6.07) is 0. The fourth-order valence-electron chi connectivity index (χ4n) is 1.11. The van der Waals surface area contributed by atoms with Crippen molar-refractivity contribution in [3.05, 3.63) is 27.8 Å². The van der Waals surface area contributed by atoms with Crippen molar-refractivity contribution in [1.29, 1.82) is 0 Å². The normalized spacial score (nSPS) is 19.4. The highest BCUT2D eigenvalue weighted by atomic mass is 32.3. The van der Waals surface area contributed by atoms with E-state index < -0.39 is 0 Å². The summed E-state index contributed by atoms with van der Waals surface area (Å²) >= 11 is 10.5. The number of aliphatic hydroxyl groups is 2. The van der Waals surface area contributed by atoms with Crippen LogP contribution in [0.2, 0.25) is 0 Å². The van der Waals surface area contributed by atoms with Gasteiger partial charge in [0.2, 0.25) is 0 Å². The Balaban J connectivity index is 2.02. The monoisotopic (exact) mass is 356 g/mol. The lowest BCUT2D eigenvalue weighted by Gasteiger charge is -2.02. The van der Waals surface area contributed by atoms with Gasteiger partial charge < -0.3 is 10.2 Å². The number of rotatable bonds is 6. The summed E-state index contributed by atoms with van der Waals surface area (Å²) in [5.74, 6) is 1.46. The number of hydrogen-bond acceptors (Lipinski definition) is 8. The molecule has 2 aliphatic rings. The second-order valence-electron chi connectivity index (χ2n) is 3.01. The van der Waals surface area contributed by atoms with E-state index in [2.05, 4.69) is 10.8 Å². The third-order valence-corrected chi connectivity index (χ3v) is 9.89. The van der Waals surface area contributed by atoms with Crippen LogP contribution in [0.5, 0.6) is 0 Å². The Labute approximate surface area is 132 Å². The van der Waals surface area contributed by atoms with Crippen LogP contribution in [0.3, 0.4) is 0 Å². The van der Waals surface area contributed by atoms with Gasteiger partial charge in [-0.05, 0) is 10.8 Å². The SMILES string of the molecule is OCCSC1=C(SCCO)SC(=C2SC=CS2)S1. The molecule has 0 unspecified atom stereocenters. The van der Waals surface area contributed by atoms with Gasteiger partial charge in [-0.3, -0.25) is 0 Å². The van der Waals surface area contributed by atoms with Crippen molar-refractivity contribution in [2.75, 3.05) is 24.7 Å². The van der Waals surface area contributed by atoms with Crippen molar-refractivity contribution in [3.8, 4) is 0 Å². The number of thioether (sulfide) groups is 6. The lowest BCUT2D eigenvalue weighted by molar-refractivity contribution is 0.322. The van der Waals surface area contributed by atoms with Crippen LogP contribution < -0.4 is 0 Å². The summed E-state index contributed by atoms with van der Waals surface area (Å²) in [7, 11) is 0. The molecular weight excluding hydrogens is 345 g/mol. The Morgan fingerprint density at radius 3 is 1.78 bits per heavy atom. The highest BCUT2D eigenvalue weighted by Crippen LogP contribution is 2.61. The second-order valence-corrected chi connectivity index (χ2v) is 10.1. The Morgan fingerprint density at radius 2 is 1.33 bits per heavy atom. The molecule has 0 spiro atoms. The number of aliphatic hydroxyl groups excluding tert-OH is 2. The highest BCUT2D eigenvalue weighted by molar-refractivity contribution is 8.42. The van der Waals surface area contributed by atoms with Crippen LogP contribution in [0, 0.1) is 0 Å². The van der Waals surface area contributed by atoms with Crippen molar-refractivity contribution in [2.24, 2.45) is 0 Å². The van der Waals surface area contributed by atoms with E-state index in [9.17, 15) is 0 Å². The van der Waals surface area contributed by atoms with Gasteiger partial charge in [0.25, 0.3) is 0 Å². The smallest absolute Gasteiger partial charge is 0.0717 e. The molecule has 0 fully saturated rings. The highest BCUT2D eigenvalue weighted by Gasteiger charge is 2.25. The maximum atomic E-state index is 8.93. The predicted molar refractivity (Wildman–Crippen MR) is 92.6 cm³/mol. The molecule has 2 nitrogen and oxygen atoms in total. The van der Waals surface area contributed by atoms with Crippen LogP contribution in [0.1, 0.15) is 0 Å². The molecule has 0 aliphatic carbocycles. The Morgan fingerprint density at radius 1 is 0.833 bits per heavy atom. The summed E-state index contributed by atoms with van der Waals surface area (Å²) in [4.78, 5) is 0. The van der Waals surface area contributed by atoms with Crippen LogP contribution in [-0.4, -0.2) is 34.9 Å². The average molecular weight is 357 g/mol. The van der Waals surface area contributed by atoms with Gasteiger partial charge in [-0.1, -0.05) is 47.0 Å². The maximum absolute atomic E-state index is 8.93. The summed E-state index contributed by atoms with van der Waals surface area (Å²) in [6.07, 6.45) is 0. The van der Waals surface area contributed by atoms with Crippen LogP contribution in [0.15, 0.2) is 27.8 Å². The molecule has 0 aromatic heterocycles. The fourth-order valence-corrected chi connectivity index (χ4v) is 8.75. The Kier molecular flexibility index (Phi) is 7.39. The van der Waals surface area contributed by atoms with Gasteiger partial charge in [0.05, 0.1) is 30.2 Å². The summed E-state index contributed by atoms with van der Waals surface area (Å²) < 4.78 is 5.20. The van der Waals surface area contributed by atoms with Gasteiger partial charge in [0, 0.05) is 11.5 Å². The zero-order valence-electron chi connectivity index (χ0n) is 9.33. The van der Waals surface area contributed by atoms with Gasteiger partial charge in [-0.25, -0.2) is 0 Å². The molecule has 8 heteroatoms. The summed E-state index contributed by atoms with van der Waals surface area (Å²) in [5, 5.41) is 22.1. The van der Waals surface area contributed by atoms with Crippen LogP contribution in [-0.2, 0) is 0 Å². The van der Waals surface area contributed by atoms with Crippen LogP contribution in [0.4, 0.5) is 0 Å². The molecule has 2 rings (SSSR count). The molecule has 0 radical (unpaired) electrons. The molecular formula is C10H12O2S6. The molecule has 2 heterocycles. The predicted octanol–water partition coefficient (Wildman–Crippen LogP) is 4.12. The lowest BCUT2D eigenvalue weighted by atomic mass is 10.9. The topological polar surface area (TPSA) is 40.5 Å². The van der Waals surface area contributed by atoms with Gasteiger partial charge >= 0.3 is 0 Å². The largest absolute Gasteiger partial charge is 0.396 e. The molecule has 0 atom stereocenters. The van der Waals surface area contributed by atoms with Gasteiger partial charge in [-0.15, -0.1) is 23.5 Å². The third kappa shape index (κ3) is 4.37. The first-order valence-electron chi connectivity index (χ1n) is 5.15. The van der Waals surface area contributed by atoms with E-state index in [1.54, 1.807) is 70.6 Å². The first kappa shape index (κ1) is 15.6. The van der Waals surface area contributed by atoms with Crippen molar-refractivity contribution in [2.45, 2.75) is 0 Å². The Hall–Kier alpha value is 1.24. The minimum atomic E-state index is 0.203. The minimum Gasteiger partial charge on any atom is -0.396 e. The molecule has 0 bridgehead atoms. The van der Waals surface area contributed by atoms with E-state index >= 15 is 0 Å². The fraction of sp³-hybridized carbons (Fsp3) is 0.400. The average Bonchev–Trinajstić information content (AvgIpc) is 3.02. The minimum absolute atomic E-state index is 0.203. The van der Waals surface area contributed by atoms with E-state index in [4.69, 9.17) is 10.2 Å². The molecule has 0 aromatic carbocycles. The van der Waals surface area contributed by atoms with E-state index in [0.717, 1.165) is 11.5 Å². The van der Waals surface area contributed by atoms with Gasteiger partial charge in [-0.2, -0.15) is 0 Å².